The highest BCUT2D eigenvalue weighted by Gasteiger charge is 2.15. The van der Waals surface area contributed by atoms with Crippen molar-refractivity contribution in [3.05, 3.63) is 56.5 Å². The second-order valence-electron chi connectivity index (χ2n) is 4.12. The van der Waals surface area contributed by atoms with Gasteiger partial charge in [-0.3, -0.25) is 4.79 Å². The van der Waals surface area contributed by atoms with Crippen LogP contribution in [0, 0.1) is 0 Å². The van der Waals surface area contributed by atoms with E-state index in [-0.39, 0.29) is 5.78 Å². The van der Waals surface area contributed by atoms with Gasteiger partial charge in [0.15, 0.2) is 5.78 Å². The molecule has 20 heavy (non-hydrogen) atoms. The zero-order valence-electron chi connectivity index (χ0n) is 10.8. The quantitative estimate of drug-likeness (QED) is 0.612. The van der Waals surface area contributed by atoms with E-state index in [1.807, 2.05) is 6.92 Å². The van der Waals surface area contributed by atoms with Crippen LogP contribution in [-0.2, 0) is 0 Å². The highest BCUT2D eigenvalue weighted by molar-refractivity contribution is 9.11. The molecule has 2 N–H and O–H groups in total. The SMILES string of the molecule is CCOc1ccc(C(=O)c2cccc(N)c2Br)cc1Br. The molecule has 2 rings (SSSR count). The summed E-state index contributed by atoms with van der Waals surface area (Å²) in [7, 11) is 0. The Bertz CT molecular complexity index is 656. The maximum absolute atomic E-state index is 12.5. The van der Waals surface area contributed by atoms with Crippen molar-refractivity contribution >= 4 is 43.3 Å². The van der Waals surface area contributed by atoms with Gasteiger partial charge in [-0.2, -0.15) is 0 Å². The molecule has 0 aliphatic carbocycles. The summed E-state index contributed by atoms with van der Waals surface area (Å²) >= 11 is 6.76. The predicted octanol–water partition coefficient (Wildman–Crippen LogP) is 4.42. The second kappa shape index (κ2) is 6.41. The maximum atomic E-state index is 12.5. The van der Waals surface area contributed by atoms with Gasteiger partial charge in [-0.05, 0) is 69.1 Å². The molecule has 0 fully saturated rings. The van der Waals surface area contributed by atoms with Crippen molar-refractivity contribution in [2.75, 3.05) is 12.3 Å². The number of carbonyl (C=O) groups excluding carboxylic acids is 1. The summed E-state index contributed by atoms with van der Waals surface area (Å²) in [6.45, 7) is 2.49. The Kier molecular flexibility index (Phi) is 4.83. The number of benzene rings is 2. The molecule has 2 aromatic rings. The summed E-state index contributed by atoms with van der Waals surface area (Å²) < 4.78 is 6.81. The average Bonchev–Trinajstić information content (AvgIpc) is 2.43. The lowest BCUT2D eigenvalue weighted by atomic mass is 10.0. The first-order chi connectivity index (χ1) is 9.54. The molecule has 0 amide bonds. The maximum Gasteiger partial charge on any atom is 0.194 e. The Balaban J connectivity index is 2.39. The fourth-order valence-corrected chi connectivity index (χ4v) is 2.73. The highest BCUT2D eigenvalue weighted by atomic mass is 79.9. The Hall–Kier alpha value is -1.33. The molecule has 0 aliphatic heterocycles. The van der Waals surface area contributed by atoms with Gasteiger partial charge in [-0.1, -0.05) is 6.07 Å². The van der Waals surface area contributed by atoms with Crippen LogP contribution >= 0.6 is 31.9 Å². The molecule has 0 saturated heterocycles. The van der Waals surface area contributed by atoms with E-state index in [1.54, 1.807) is 36.4 Å². The second-order valence-corrected chi connectivity index (χ2v) is 5.76. The average molecular weight is 399 g/mol. The number of anilines is 1. The van der Waals surface area contributed by atoms with Crippen LogP contribution in [0.2, 0.25) is 0 Å². The first-order valence-corrected chi connectivity index (χ1v) is 7.64. The minimum atomic E-state index is -0.0899. The zero-order chi connectivity index (χ0) is 14.7. The molecule has 0 aromatic heterocycles. The fraction of sp³-hybridized carbons (Fsp3) is 0.133. The van der Waals surface area contributed by atoms with E-state index in [4.69, 9.17) is 10.5 Å². The van der Waals surface area contributed by atoms with Crippen LogP contribution in [0.4, 0.5) is 5.69 Å². The molecule has 0 saturated carbocycles. The van der Waals surface area contributed by atoms with E-state index in [0.717, 1.165) is 10.2 Å². The molecular weight excluding hydrogens is 386 g/mol. The minimum absolute atomic E-state index is 0.0899. The smallest absolute Gasteiger partial charge is 0.194 e. The standard InChI is InChI=1S/C15H13Br2NO2/c1-2-20-13-7-6-9(8-11(13)16)15(19)10-4-3-5-12(18)14(10)17/h3-8H,2,18H2,1H3. The lowest BCUT2D eigenvalue weighted by Gasteiger charge is -2.09. The summed E-state index contributed by atoms with van der Waals surface area (Å²) in [5, 5.41) is 0. The zero-order valence-corrected chi connectivity index (χ0v) is 14.0. The van der Waals surface area contributed by atoms with Crippen LogP contribution in [0.5, 0.6) is 5.75 Å². The molecule has 0 bridgehead atoms. The van der Waals surface area contributed by atoms with Crippen molar-refractivity contribution in [2.24, 2.45) is 0 Å². The summed E-state index contributed by atoms with van der Waals surface area (Å²) in [5.74, 6) is 0.628. The summed E-state index contributed by atoms with van der Waals surface area (Å²) in [6.07, 6.45) is 0. The number of rotatable bonds is 4. The third-order valence-corrected chi connectivity index (χ3v) is 4.27. The first-order valence-electron chi connectivity index (χ1n) is 6.05. The van der Waals surface area contributed by atoms with Gasteiger partial charge in [-0.25, -0.2) is 0 Å². The van der Waals surface area contributed by atoms with Gasteiger partial charge >= 0.3 is 0 Å². The van der Waals surface area contributed by atoms with E-state index in [9.17, 15) is 4.79 Å². The normalized spacial score (nSPS) is 10.3. The molecular formula is C15H13Br2NO2. The monoisotopic (exact) mass is 397 g/mol. The Morgan fingerprint density at radius 2 is 2.00 bits per heavy atom. The third-order valence-electron chi connectivity index (χ3n) is 2.77. The fourth-order valence-electron chi connectivity index (χ4n) is 1.80. The number of hydrogen-bond acceptors (Lipinski definition) is 3. The summed E-state index contributed by atoms with van der Waals surface area (Å²) in [4.78, 5) is 12.5. The van der Waals surface area contributed by atoms with E-state index < -0.39 is 0 Å². The molecule has 0 heterocycles. The van der Waals surface area contributed by atoms with Crippen LogP contribution in [0.25, 0.3) is 0 Å². The van der Waals surface area contributed by atoms with Gasteiger partial charge in [0.25, 0.3) is 0 Å². The molecule has 0 spiro atoms. The van der Waals surface area contributed by atoms with E-state index in [2.05, 4.69) is 31.9 Å². The molecule has 0 unspecified atom stereocenters. The number of ether oxygens (including phenoxy) is 1. The van der Waals surface area contributed by atoms with E-state index >= 15 is 0 Å². The van der Waals surface area contributed by atoms with E-state index in [1.165, 1.54) is 0 Å². The van der Waals surface area contributed by atoms with Crippen molar-refractivity contribution in [1.29, 1.82) is 0 Å². The Morgan fingerprint density at radius 1 is 1.25 bits per heavy atom. The number of nitrogen functional groups attached to an aromatic ring is 1. The van der Waals surface area contributed by atoms with Crippen molar-refractivity contribution in [2.45, 2.75) is 6.92 Å². The van der Waals surface area contributed by atoms with Gasteiger partial charge < -0.3 is 10.5 Å². The number of ketones is 1. The van der Waals surface area contributed by atoms with Crippen molar-refractivity contribution in [3.63, 3.8) is 0 Å². The molecule has 3 nitrogen and oxygen atoms in total. The summed E-state index contributed by atoms with van der Waals surface area (Å²) in [6, 6.07) is 10.5. The van der Waals surface area contributed by atoms with Crippen molar-refractivity contribution in [3.8, 4) is 5.75 Å². The Morgan fingerprint density at radius 3 is 2.65 bits per heavy atom. The summed E-state index contributed by atoms with van der Waals surface area (Å²) in [5.41, 5.74) is 7.46. The third kappa shape index (κ3) is 3.04. The van der Waals surface area contributed by atoms with Gasteiger partial charge in [-0.15, -0.1) is 0 Å². The van der Waals surface area contributed by atoms with Crippen LogP contribution in [-0.4, -0.2) is 12.4 Å². The Labute approximate surface area is 134 Å². The molecule has 0 radical (unpaired) electrons. The van der Waals surface area contributed by atoms with Crippen LogP contribution in [0.15, 0.2) is 45.3 Å². The lowest BCUT2D eigenvalue weighted by molar-refractivity contribution is 0.103. The number of hydrogen-bond donors (Lipinski definition) is 1. The van der Waals surface area contributed by atoms with Gasteiger partial charge in [0.2, 0.25) is 0 Å². The van der Waals surface area contributed by atoms with Gasteiger partial charge in [0.1, 0.15) is 5.75 Å². The molecule has 0 aliphatic rings. The topological polar surface area (TPSA) is 52.3 Å². The number of nitrogens with two attached hydrogens (primary N) is 1. The van der Waals surface area contributed by atoms with Crippen molar-refractivity contribution in [1.82, 2.24) is 0 Å². The van der Waals surface area contributed by atoms with Crippen molar-refractivity contribution < 1.29 is 9.53 Å². The predicted molar refractivity (Wildman–Crippen MR) is 87.3 cm³/mol. The molecule has 104 valence electrons. The molecule has 2 aromatic carbocycles. The number of halogens is 2. The molecule has 5 heteroatoms. The first kappa shape index (κ1) is 15.1. The minimum Gasteiger partial charge on any atom is -0.493 e. The number of carbonyl (C=O) groups is 1. The van der Waals surface area contributed by atoms with Crippen LogP contribution < -0.4 is 10.5 Å². The lowest BCUT2D eigenvalue weighted by Crippen LogP contribution is -2.04. The van der Waals surface area contributed by atoms with Crippen LogP contribution in [0.1, 0.15) is 22.8 Å². The van der Waals surface area contributed by atoms with Gasteiger partial charge in [0, 0.05) is 16.8 Å². The largest absolute Gasteiger partial charge is 0.493 e. The van der Waals surface area contributed by atoms with Gasteiger partial charge in [0.05, 0.1) is 15.6 Å². The van der Waals surface area contributed by atoms with E-state index in [0.29, 0.717) is 27.9 Å². The molecule has 0 atom stereocenters. The van der Waals surface area contributed by atoms with Crippen LogP contribution in [0.3, 0.4) is 0 Å². The highest BCUT2D eigenvalue weighted by Crippen LogP contribution is 2.30.